The van der Waals surface area contributed by atoms with Gasteiger partial charge in [-0.3, -0.25) is 14.4 Å². The minimum atomic E-state index is -4.04. The number of halogens is 1. The highest BCUT2D eigenvalue weighted by molar-refractivity contribution is 8.01. The van der Waals surface area contributed by atoms with Gasteiger partial charge in [-0.1, -0.05) is 40.8 Å². The molecule has 2 heterocycles. The minimum absolute atomic E-state index is 0.0355. The van der Waals surface area contributed by atoms with Crippen molar-refractivity contribution in [1.82, 2.24) is 10.2 Å². The molecule has 1 amide bonds. The highest BCUT2D eigenvalue weighted by Gasteiger charge is 2.38. The molecular weight excluding hydrogens is 520 g/mol. The van der Waals surface area contributed by atoms with Gasteiger partial charge in [0.1, 0.15) is 11.5 Å². The standard InChI is InChI=1S/C21H19ClN4O5S3/c1-3-10-32-21-25-24-20(33-21)23-19(27)18-12-26(16-11-13(22)4-9-17(16)31-18)34(28,29)15-7-5-14(30-2)6-8-15/h3-9,11,18H,1,10,12H2,2H3,(H,23,24,27)/t18-/m0/s1. The lowest BCUT2D eigenvalue weighted by atomic mass is 10.2. The number of fused-ring (bicyclic) bond motifs is 1. The van der Waals surface area contributed by atoms with E-state index >= 15 is 0 Å². The average molecular weight is 539 g/mol. The van der Waals surface area contributed by atoms with Gasteiger partial charge in [0.05, 0.1) is 24.2 Å². The van der Waals surface area contributed by atoms with Crippen molar-refractivity contribution in [3.8, 4) is 11.5 Å². The Morgan fingerprint density at radius 1 is 1.35 bits per heavy atom. The third-order valence-electron chi connectivity index (χ3n) is 4.69. The first-order chi connectivity index (χ1) is 16.3. The SMILES string of the molecule is C=CCSc1nnc(NC(=O)[C@@H]2CN(S(=O)(=O)c3ccc(OC)cc3)c3cc(Cl)ccc3O2)s1. The molecule has 0 radical (unpaired) electrons. The summed E-state index contributed by atoms with van der Waals surface area (Å²) in [6, 6.07) is 10.6. The Labute approximate surface area is 209 Å². The fraction of sp³-hybridized carbons (Fsp3) is 0.190. The van der Waals surface area contributed by atoms with E-state index in [0.29, 0.717) is 20.9 Å². The first-order valence-electron chi connectivity index (χ1n) is 9.83. The van der Waals surface area contributed by atoms with Gasteiger partial charge in [0.15, 0.2) is 10.4 Å². The molecule has 1 atom stereocenters. The lowest BCUT2D eigenvalue weighted by Gasteiger charge is -2.34. The van der Waals surface area contributed by atoms with Crippen LogP contribution in [0, 0.1) is 0 Å². The van der Waals surface area contributed by atoms with Crippen molar-refractivity contribution < 1.29 is 22.7 Å². The van der Waals surface area contributed by atoms with Crippen LogP contribution in [0.4, 0.5) is 10.8 Å². The Balaban J connectivity index is 1.62. The van der Waals surface area contributed by atoms with Gasteiger partial charge in [-0.05, 0) is 42.5 Å². The number of carbonyl (C=O) groups excluding carboxylic acids is 1. The number of ether oxygens (including phenoxy) is 2. The summed E-state index contributed by atoms with van der Waals surface area (Å²) in [5.41, 5.74) is 0.242. The van der Waals surface area contributed by atoms with Gasteiger partial charge in [-0.15, -0.1) is 16.8 Å². The van der Waals surface area contributed by atoms with Crippen LogP contribution < -0.4 is 19.1 Å². The summed E-state index contributed by atoms with van der Waals surface area (Å²) < 4.78 is 39.8. The van der Waals surface area contributed by atoms with E-state index in [9.17, 15) is 13.2 Å². The molecule has 3 aromatic rings. The van der Waals surface area contributed by atoms with Crippen LogP contribution in [0.5, 0.6) is 11.5 Å². The molecule has 9 nitrogen and oxygen atoms in total. The highest BCUT2D eigenvalue weighted by Crippen LogP contribution is 2.39. The molecule has 1 aliphatic heterocycles. The van der Waals surface area contributed by atoms with Crippen molar-refractivity contribution in [2.24, 2.45) is 0 Å². The van der Waals surface area contributed by atoms with Crippen molar-refractivity contribution in [1.29, 1.82) is 0 Å². The number of methoxy groups -OCH3 is 1. The lowest BCUT2D eigenvalue weighted by Crippen LogP contribution is -2.48. The van der Waals surface area contributed by atoms with Crippen molar-refractivity contribution in [3.05, 3.63) is 60.1 Å². The second-order valence-electron chi connectivity index (χ2n) is 6.89. The molecule has 1 aliphatic rings. The maximum atomic E-state index is 13.5. The van der Waals surface area contributed by atoms with Crippen molar-refractivity contribution in [2.45, 2.75) is 15.3 Å². The zero-order valence-electron chi connectivity index (χ0n) is 17.8. The number of aromatic nitrogens is 2. The summed E-state index contributed by atoms with van der Waals surface area (Å²) in [7, 11) is -2.55. The number of benzene rings is 2. The Morgan fingerprint density at radius 2 is 2.12 bits per heavy atom. The maximum Gasteiger partial charge on any atom is 0.269 e. The molecule has 34 heavy (non-hydrogen) atoms. The first-order valence-corrected chi connectivity index (χ1v) is 13.4. The maximum absolute atomic E-state index is 13.5. The van der Waals surface area contributed by atoms with E-state index in [0.717, 1.165) is 4.31 Å². The van der Waals surface area contributed by atoms with Crippen LogP contribution in [0.3, 0.4) is 0 Å². The predicted molar refractivity (Wildman–Crippen MR) is 133 cm³/mol. The number of sulfonamides is 1. The van der Waals surface area contributed by atoms with E-state index in [4.69, 9.17) is 21.1 Å². The number of hydrogen-bond acceptors (Lipinski definition) is 9. The number of carbonyl (C=O) groups is 1. The van der Waals surface area contributed by atoms with E-state index < -0.39 is 22.0 Å². The van der Waals surface area contributed by atoms with Crippen LogP contribution in [0.25, 0.3) is 0 Å². The first kappa shape index (κ1) is 24.3. The highest BCUT2D eigenvalue weighted by atomic mass is 35.5. The Hall–Kier alpha value is -2.80. The summed E-state index contributed by atoms with van der Waals surface area (Å²) >= 11 is 8.77. The molecule has 0 fully saturated rings. The Bertz CT molecular complexity index is 1310. The van der Waals surface area contributed by atoms with Gasteiger partial charge in [0.2, 0.25) is 5.13 Å². The zero-order valence-corrected chi connectivity index (χ0v) is 21.0. The summed E-state index contributed by atoms with van der Waals surface area (Å²) in [5, 5.41) is 11.2. The van der Waals surface area contributed by atoms with Crippen LogP contribution in [-0.2, 0) is 14.8 Å². The molecule has 178 valence electrons. The topological polar surface area (TPSA) is 111 Å². The second-order valence-corrected chi connectivity index (χ2v) is 11.4. The number of amides is 1. The normalized spacial score (nSPS) is 15.2. The van der Waals surface area contributed by atoms with Crippen LogP contribution in [0.2, 0.25) is 5.02 Å². The van der Waals surface area contributed by atoms with E-state index in [2.05, 4.69) is 22.1 Å². The average Bonchev–Trinajstić information content (AvgIpc) is 3.29. The number of anilines is 2. The lowest BCUT2D eigenvalue weighted by molar-refractivity contribution is -0.122. The van der Waals surface area contributed by atoms with E-state index in [1.165, 1.54) is 54.5 Å². The summed E-state index contributed by atoms with van der Waals surface area (Å²) in [6.07, 6.45) is 0.608. The molecule has 2 aromatic carbocycles. The van der Waals surface area contributed by atoms with Gasteiger partial charge >= 0.3 is 0 Å². The van der Waals surface area contributed by atoms with Crippen molar-refractivity contribution >= 4 is 61.4 Å². The van der Waals surface area contributed by atoms with Crippen molar-refractivity contribution in [3.63, 3.8) is 0 Å². The molecule has 0 saturated heterocycles. The van der Waals surface area contributed by atoms with E-state index in [1.807, 2.05) is 0 Å². The predicted octanol–water partition coefficient (Wildman–Crippen LogP) is 4.07. The van der Waals surface area contributed by atoms with Crippen LogP contribution >= 0.6 is 34.7 Å². The number of nitrogens with one attached hydrogen (secondary N) is 1. The molecule has 1 aromatic heterocycles. The summed E-state index contributed by atoms with van der Waals surface area (Å²) in [4.78, 5) is 13.0. The third kappa shape index (κ3) is 5.14. The molecular formula is C21H19ClN4O5S3. The molecule has 0 spiro atoms. The van der Waals surface area contributed by atoms with E-state index in [-0.39, 0.29) is 28.0 Å². The van der Waals surface area contributed by atoms with Gasteiger partial charge in [-0.2, -0.15) is 0 Å². The quantitative estimate of drug-likeness (QED) is 0.259. The van der Waals surface area contributed by atoms with Crippen LogP contribution in [0.1, 0.15) is 0 Å². The fourth-order valence-corrected chi connectivity index (χ4v) is 6.25. The number of thioether (sulfide) groups is 1. The van der Waals surface area contributed by atoms with Gasteiger partial charge < -0.3 is 9.47 Å². The third-order valence-corrected chi connectivity index (χ3v) is 8.69. The van der Waals surface area contributed by atoms with Crippen LogP contribution in [0.15, 0.2) is 64.4 Å². The second kappa shape index (κ2) is 10.2. The smallest absolute Gasteiger partial charge is 0.269 e. The minimum Gasteiger partial charge on any atom is -0.497 e. The molecule has 0 bridgehead atoms. The van der Waals surface area contributed by atoms with E-state index in [1.54, 1.807) is 24.3 Å². The number of hydrogen-bond donors (Lipinski definition) is 1. The van der Waals surface area contributed by atoms with Gasteiger partial charge in [-0.25, -0.2) is 8.42 Å². The molecule has 0 unspecified atom stereocenters. The van der Waals surface area contributed by atoms with Gasteiger partial charge in [0, 0.05) is 10.8 Å². The molecule has 0 saturated carbocycles. The van der Waals surface area contributed by atoms with Crippen LogP contribution in [-0.4, -0.2) is 50.0 Å². The Kier molecular flexibility index (Phi) is 7.31. The largest absolute Gasteiger partial charge is 0.497 e. The fourth-order valence-electron chi connectivity index (χ4n) is 3.10. The number of rotatable bonds is 8. The Morgan fingerprint density at radius 3 is 2.82 bits per heavy atom. The van der Waals surface area contributed by atoms with Crippen molar-refractivity contribution in [2.75, 3.05) is 29.0 Å². The molecule has 4 rings (SSSR count). The molecule has 0 aliphatic carbocycles. The molecule has 1 N–H and O–H groups in total. The van der Waals surface area contributed by atoms with Gasteiger partial charge in [0.25, 0.3) is 15.9 Å². The molecule has 13 heteroatoms. The summed E-state index contributed by atoms with van der Waals surface area (Å²) in [5.74, 6) is 0.842. The summed E-state index contributed by atoms with van der Waals surface area (Å²) in [6.45, 7) is 3.39. The zero-order chi connectivity index (χ0) is 24.3. The monoisotopic (exact) mass is 538 g/mol. The number of nitrogens with zero attached hydrogens (tertiary/aromatic N) is 3.